The van der Waals surface area contributed by atoms with E-state index >= 15 is 0 Å². The monoisotopic (exact) mass is 247 g/mol. The molecule has 1 N–H and O–H groups in total. The number of methoxy groups -OCH3 is 1. The van der Waals surface area contributed by atoms with Crippen LogP contribution in [0.2, 0.25) is 0 Å². The molecular formula is C12H16F3NO. The number of hydrogen-bond acceptors (Lipinski definition) is 2. The first-order chi connectivity index (χ1) is 7.99. The van der Waals surface area contributed by atoms with Crippen molar-refractivity contribution < 1.29 is 17.9 Å². The number of nitrogens with one attached hydrogen (secondary N) is 1. The lowest BCUT2D eigenvalue weighted by Crippen LogP contribution is -2.22. The van der Waals surface area contributed by atoms with Crippen LogP contribution < -0.4 is 5.32 Å². The molecule has 1 aromatic rings. The predicted molar refractivity (Wildman–Crippen MR) is 59.7 cm³/mol. The minimum atomic E-state index is -4.31. The molecule has 0 spiro atoms. The van der Waals surface area contributed by atoms with Crippen LogP contribution in [0.3, 0.4) is 0 Å². The Kier molecular flexibility index (Phi) is 4.96. The summed E-state index contributed by atoms with van der Waals surface area (Å²) in [6, 6.07) is 5.23. The Morgan fingerprint density at radius 3 is 2.59 bits per heavy atom. The first-order valence-corrected chi connectivity index (χ1v) is 5.39. The number of rotatable bonds is 5. The van der Waals surface area contributed by atoms with E-state index in [9.17, 15) is 13.2 Å². The molecule has 0 saturated heterocycles. The number of likely N-dealkylation sites (N-methyl/N-ethyl adjacent to an activating group) is 1. The SMILES string of the molecule is CCNCC(OC)c1cccc(C(F)(F)F)c1. The maximum atomic E-state index is 12.5. The van der Waals surface area contributed by atoms with Crippen LogP contribution in [-0.4, -0.2) is 20.2 Å². The summed E-state index contributed by atoms with van der Waals surface area (Å²) in [7, 11) is 1.49. The van der Waals surface area contributed by atoms with E-state index in [0.717, 1.165) is 18.7 Å². The number of benzene rings is 1. The van der Waals surface area contributed by atoms with Crippen molar-refractivity contribution in [3.63, 3.8) is 0 Å². The summed E-state index contributed by atoms with van der Waals surface area (Å²) >= 11 is 0. The van der Waals surface area contributed by atoms with Crippen LogP contribution in [0.5, 0.6) is 0 Å². The molecule has 0 fully saturated rings. The van der Waals surface area contributed by atoms with E-state index in [4.69, 9.17) is 4.74 Å². The molecule has 17 heavy (non-hydrogen) atoms. The maximum Gasteiger partial charge on any atom is 0.416 e. The zero-order chi connectivity index (χ0) is 12.9. The number of ether oxygens (including phenoxy) is 1. The van der Waals surface area contributed by atoms with Crippen LogP contribution in [0.1, 0.15) is 24.2 Å². The molecule has 5 heteroatoms. The fourth-order valence-electron chi connectivity index (χ4n) is 1.53. The van der Waals surface area contributed by atoms with Gasteiger partial charge in [-0.3, -0.25) is 0 Å². The molecule has 0 amide bonds. The van der Waals surface area contributed by atoms with Gasteiger partial charge in [-0.1, -0.05) is 19.1 Å². The van der Waals surface area contributed by atoms with Gasteiger partial charge in [0.15, 0.2) is 0 Å². The largest absolute Gasteiger partial charge is 0.416 e. The third-order valence-electron chi connectivity index (χ3n) is 2.45. The van der Waals surface area contributed by atoms with Crippen molar-refractivity contribution in [1.82, 2.24) is 5.32 Å². The van der Waals surface area contributed by atoms with Crippen molar-refractivity contribution in [3.8, 4) is 0 Å². The average Bonchev–Trinajstić information content (AvgIpc) is 2.29. The van der Waals surface area contributed by atoms with E-state index in [1.54, 1.807) is 6.07 Å². The molecule has 0 aliphatic carbocycles. The van der Waals surface area contributed by atoms with E-state index in [0.29, 0.717) is 12.1 Å². The second kappa shape index (κ2) is 6.02. The predicted octanol–water partition coefficient (Wildman–Crippen LogP) is 3.00. The van der Waals surface area contributed by atoms with Crippen molar-refractivity contribution >= 4 is 0 Å². The molecule has 0 radical (unpaired) electrons. The Balaban J connectivity index is 2.89. The lowest BCUT2D eigenvalue weighted by molar-refractivity contribution is -0.137. The van der Waals surface area contributed by atoms with Crippen molar-refractivity contribution in [2.24, 2.45) is 0 Å². The molecule has 96 valence electrons. The van der Waals surface area contributed by atoms with Gasteiger partial charge in [0.05, 0.1) is 11.7 Å². The first kappa shape index (κ1) is 14.0. The second-order valence-corrected chi connectivity index (χ2v) is 3.66. The second-order valence-electron chi connectivity index (χ2n) is 3.66. The maximum absolute atomic E-state index is 12.5. The van der Waals surface area contributed by atoms with Gasteiger partial charge in [-0.2, -0.15) is 13.2 Å². The summed E-state index contributed by atoms with van der Waals surface area (Å²) in [5.41, 5.74) is -0.114. The minimum Gasteiger partial charge on any atom is -0.375 e. The Labute approximate surface area is 98.8 Å². The smallest absolute Gasteiger partial charge is 0.375 e. The summed E-state index contributed by atoms with van der Waals surface area (Å²) in [4.78, 5) is 0. The number of hydrogen-bond donors (Lipinski definition) is 1. The topological polar surface area (TPSA) is 21.3 Å². The minimum absolute atomic E-state index is 0.364. The lowest BCUT2D eigenvalue weighted by Gasteiger charge is -2.17. The fourth-order valence-corrected chi connectivity index (χ4v) is 1.53. The third-order valence-corrected chi connectivity index (χ3v) is 2.45. The average molecular weight is 247 g/mol. The summed E-state index contributed by atoms with van der Waals surface area (Å²) in [5.74, 6) is 0. The van der Waals surface area contributed by atoms with E-state index in [-0.39, 0.29) is 6.10 Å². The number of alkyl halides is 3. The van der Waals surface area contributed by atoms with Crippen molar-refractivity contribution in [2.75, 3.05) is 20.2 Å². The zero-order valence-electron chi connectivity index (χ0n) is 9.84. The van der Waals surface area contributed by atoms with Gasteiger partial charge in [0.25, 0.3) is 0 Å². The van der Waals surface area contributed by atoms with Gasteiger partial charge in [0.1, 0.15) is 0 Å². The Morgan fingerprint density at radius 1 is 1.35 bits per heavy atom. The Morgan fingerprint density at radius 2 is 2.06 bits per heavy atom. The van der Waals surface area contributed by atoms with Gasteiger partial charge >= 0.3 is 6.18 Å². The summed E-state index contributed by atoms with van der Waals surface area (Å²) in [6.07, 6.45) is -4.68. The van der Waals surface area contributed by atoms with E-state index < -0.39 is 11.7 Å². The van der Waals surface area contributed by atoms with Crippen LogP contribution in [0.25, 0.3) is 0 Å². The van der Waals surface area contributed by atoms with Crippen molar-refractivity contribution in [3.05, 3.63) is 35.4 Å². The molecule has 0 aromatic heterocycles. The van der Waals surface area contributed by atoms with E-state index in [1.807, 2.05) is 6.92 Å². The summed E-state index contributed by atoms with van der Waals surface area (Å²) in [6.45, 7) is 3.17. The fraction of sp³-hybridized carbons (Fsp3) is 0.500. The summed E-state index contributed by atoms with van der Waals surface area (Å²) in [5, 5.41) is 3.05. The quantitative estimate of drug-likeness (QED) is 0.863. The van der Waals surface area contributed by atoms with Gasteiger partial charge in [0, 0.05) is 13.7 Å². The van der Waals surface area contributed by atoms with Gasteiger partial charge < -0.3 is 10.1 Å². The molecule has 1 rings (SSSR count). The highest BCUT2D eigenvalue weighted by atomic mass is 19.4. The Bertz CT molecular complexity index is 352. The van der Waals surface area contributed by atoms with Gasteiger partial charge in [-0.15, -0.1) is 0 Å². The molecule has 1 atom stereocenters. The highest BCUT2D eigenvalue weighted by Gasteiger charge is 2.30. The van der Waals surface area contributed by atoms with Crippen LogP contribution in [0.15, 0.2) is 24.3 Å². The van der Waals surface area contributed by atoms with E-state index in [2.05, 4.69) is 5.32 Å². The molecule has 1 unspecified atom stereocenters. The highest BCUT2D eigenvalue weighted by molar-refractivity contribution is 5.27. The van der Waals surface area contributed by atoms with Crippen molar-refractivity contribution in [1.29, 1.82) is 0 Å². The molecule has 0 saturated carbocycles. The van der Waals surface area contributed by atoms with Crippen LogP contribution >= 0.6 is 0 Å². The van der Waals surface area contributed by atoms with Crippen LogP contribution in [0.4, 0.5) is 13.2 Å². The highest BCUT2D eigenvalue weighted by Crippen LogP contribution is 2.31. The van der Waals surface area contributed by atoms with Crippen LogP contribution in [-0.2, 0) is 10.9 Å². The zero-order valence-corrected chi connectivity index (χ0v) is 9.84. The third kappa shape index (κ3) is 4.02. The molecule has 0 aliphatic rings. The molecule has 1 aromatic carbocycles. The lowest BCUT2D eigenvalue weighted by atomic mass is 10.1. The standard InChI is InChI=1S/C12H16F3NO/c1-3-16-8-11(17-2)9-5-4-6-10(7-9)12(13,14)15/h4-7,11,16H,3,8H2,1-2H3. The Hall–Kier alpha value is -1.07. The number of halogens is 3. The van der Waals surface area contributed by atoms with Gasteiger partial charge in [-0.05, 0) is 24.2 Å². The normalized spacial score (nSPS) is 13.7. The van der Waals surface area contributed by atoms with Crippen molar-refractivity contribution in [2.45, 2.75) is 19.2 Å². The van der Waals surface area contributed by atoms with Crippen LogP contribution in [0, 0.1) is 0 Å². The van der Waals surface area contributed by atoms with E-state index in [1.165, 1.54) is 13.2 Å². The summed E-state index contributed by atoms with van der Waals surface area (Å²) < 4.78 is 42.8. The van der Waals surface area contributed by atoms with Gasteiger partial charge in [0.2, 0.25) is 0 Å². The molecule has 2 nitrogen and oxygen atoms in total. The molecular weight excluding hydrogens is 231 g/mol. The molecule has 0 heterocycles. The molecule has 0 aliphatic heterocycles. The van der Waals surface area contributed by atoms with Gasteiger partial charge in [-0.25, -0.2) is 0 Å². The first-order valence-electron chi connectivity index (χ1n) is 5.39. The molecule has 0 bridgehead atoms.